The summed E-state index contributed by atoms with van der Waals surface area (Å²) in [6.07, 6.45) is 3.61. The van der Waals surface area contributed by atoms with Gasteiger partial charge < -0.3 is 20.5 Å². The Labute approximate surface area is 119 Å². The Bertz CT molecular complexity index is 458. The van der Waals surface area contributed by atoms with Crippen molar-refractivity contribution in [3.8, 4) is 11.5 Å². The van der Waals surface area contributed by atoms with E-state index in [1.54, 1.807) is 13.2 Å². The van der Waals surface area contributed by atoms with Crippen LogP contribution >= 0.6 is 0 Å². The molecule has 2 rings (SSSR count). The van der Waals surface area contributed by atoms with Crippen LogP contribution in [0.5, 0.6) is 11.5 Å². The Morgan fingerprint density at radius 3 is 2.90 bits per heavy atom. The Morgan fingerprint density at radius 2 is 2.25 bits per heavy atom. The lowest BCUT2D eigenvalue weighted by Gasteiger charge is -2.08. The van der Waals surface area contributed by atoms with E-state index >= 15 is 0 Å². The lowest BCUT2D eigenvalue weighted by molar-refractivity contribution is -0.121. The SMILES string of the molecule is COc1ccc(CNCCCC(=O)NC2CC2)c(O)c1. The lowest BCUT2D eigenvalue weighted by atomic mass is 10.2. The average molecular weight is 278 g/mol. The Hall–Kier alpha value is -1.75. The fraction of sp³-hybridized carbons (Fsp3) is 0.533. The van der Waals surface area contributed by atoms with Crippen molar-refractivity contribution in [2.45, 2.75) is 38.3 Å². The second-order valence-electron chi connectivity index (χ2n) is 5.12. The first-order chi connectivity index (χ1) is 9.69. The van der Waals surface area contributed by atoms with Crippen LogP contribution in [-0.4, -0.2) is 30.7 Å². The molecule has 3 N–H and O–H groups in total. The number of carbonyl (C=O) groups excluding carboxylic acids is 1. The molecule has 0 aliphatic heterocycles. The van der Waals surface area contributed by atoms with Crippen LogP contribution in [0.25, 0.3) is 0 Å². The molecule has 0 spiro atoms. The Morgan fingerprint density at radius 1 is 1.45 bits per heavy atom. The molecule has 1 aliphatic carbocycles. The highest BCUT2D eigenvalue weighted by Gasteiger charge is 2.22. The van der Waals surface area contributed by atoms with E-state index in [-0.39, 0.29) is 11.7 Å². The molecule has 0 bridgehead atoms. The predicted octanol–water partition coefficient (Wildman–Crippen LogP) is 1.55. The van der Waals surface area contributed by atoms with Crippen LogP contribution in [0.3, 0.4) is 0 Å². The maximum Gasteiger partial charge on any atom is 0.220 e. The van der Waals surface area contributed by atoms with Gasteiger partial charge in [-0.3, -0.25) is 4.79 Å². The molecule has 1 amide bonds. The molecule has 110 valence electrons. The molecule has 0 saturated heterocycles. The predicted molar refractivity (Wildman–Crippen MR) is 76.8 cm³/mol. The van der Waals surface area contributed by atoms with Gasteiger partial charge in [-0.2, -0.15) is 0 Å². The summed E-state index contributed by atoms with van der Waals surface area (Å²) in [5.74, 6) is 1.01. The maximum atomic E-state index is 11.5. The number of benzene rings is 1. The molecule has 0 unspecified atom stereocenters. The Kier molecular flexibility index (Phi) is 5.24. The third-order valence-corrected chi connectivity index (χ3v) is 3.31. The zero-order valence-corrected chi connectivity index (χ0v) is 11.8. The minimum atomic E-state index is 0.140. The van der Waals surface area contributed by atoms with Gasteiger partial charge in [0, 0.05) is 30.6 Å². The number of hydrogen-bond acceptors (Lipinski definition) is 4. The van der Waals surface area contributed by atoms with Crippen molar-refractivity contribution >= 4 is 5.91 Å². The average Bonchev–Trinajstić information content (AvgIpc) is 3.23. The molecule has 5 nitrogen and oxygen atoms in total. The third-order valence-electron chi connectivity index (χ3n) is 3.31. The maximum absolute atomic E-state index is 11.5. The van der Waals surface area contributed by atoms with Crippen molar-refractivity contribution < 1.29 is 14.6 Å². The Balaban J connectivity index is 1.61. The van der Waals surface area contributed by atoms with E-state index in [1.807, 2.05) is 12.1 Å². The minimum Gasteiger partial charge on any atom is -0.507 e. The molecule has 0 radical (unpaired) electrons. The molecule has 1 saturated carbocycles. The van der Waals surface area contributed by atoms with Crippen LogP contribution in [0.15, 0.2) is 18.2 Å². The summed E-state index contributed by atoms with van der Waals surface area (Å²) in [6.45, 7) is 1.34. The smallest absolute Gasteiger partial charge is 0.220 e. The second-order valence-corrected chi connectivity index (χ2v) is 5.12. The molecule has 1 aromatic rings. The standard InChI is InChI=1S/C15H22N2O3/c1-20-13-7-4-11(14(18)9-13)10-16-8-2-3-15(19)17-12-5-6-12/h4,7,9,12,16,18H,2-3,5-6,8,10H2,1H3,(H,17,19). The number of ether oxygens (including phenoxy) is 1. The first kappa shape index (κ1) is 14.7. The van der Waals surface area contributed by atoms with Gasteiger partial charge in [-0.15, -0.1) is 0 Å². The highest BCUT2D eigenvalue weighted by molar-refractivity contribution is 5.76. The van der Waals surface area contributed by atoms with E-state index in [9.17, 15) is 9.90 Å². The van der Waals surface area contributed by atoms with Gasteiger partial charge in [0.15, 0.2) is 0 Å². The van der Waals surface area contributed by atoms with Gasteiger partial charge in [-0.1, -0.05) is 6.07 Å². The van der Waals surface area contributed by atoms with Crippen LogP contribution in [0.1, 0.15) is 31.2 Å². The van der Waals surface area contributed by atoms with Gasteiger partial charge in [0.25, 0.3) is 0 Å². The van der Waals surface area contributed by atoms with Crippen molar-refractivity contribution in [2.24, 2.45) is 0 Å². The molecule has 1 fully saturated rings. The highest BCUT2D eigenvalue weighted by Crippen LogP contribution is 2.23. The van der Waals surface area contributed by atoms with E-state index in [2.05, 4.69) is 10.6 Å². The number of nitrogens with one attached hydrogen (secondary N) is 2. The molecule has 0 heterocycles. The van der Waals surface area contributed by atoms with Crippen molar-refractivity contribution in [2.75, 3.05) is 13.7 Å². The summed E-state index contributed by atoms with van der Waals surface area (Å²) in [5, 5.41) is 16.0. The van der Waals surface area contributed by atoms with E-state index in [0.717, 1.165) is 31.4 Å². The van der Waals surface area contributed by atoms with Crippen molar-refractivity contribution in [3.05, 3.63) is 23.8 Å². The summed E-state index contributed by atoms with van der Waals surface area (Å²) in [7, 11) is 1.57. The molecular weight excluding hydrogens is 256 g/mol. The topological polar surface area (TPSA) is 70.6 Å². The quantitative estimate of drug-likeness (QED) is 0.631. The number of rotatable bonds is 8. The zero-order valence-electron chi connectivity index (χ0n) is 11.8. The fourth-order valence-electron chi connectivity index (χ4n) is 1.94. The molecule has 20 heavy (non-hydrogen) atoms. The minimum absolute atomic E-state index is 0.140. The van der Waals surface area contributed by atoms with Crippen molar-refractivity contribution in [3.63, 3.8) is 0 Å². The van der Waals surface area contributed by atoms with Gasteiger partial charge in [-0.05, 0) is 31.9 Å². The number of methoxy groups -OCH3 is 1. The highest BCUT2D eigenvalue weighted by atomic mass is 16.5. The molecule has 0 atom stereocenters. The molecule has 1 aromatic carbocycles. The number of hydrogen-bond donors (Lipinski definition) is 3. The number of amides is 1. The van der Waals surface area contributed by atoms with Gasteiger partial charge in [0.2, 0.25) is 5.91 Å². The first-order valence-electron chi connectivity index (χ1n) is 7.05. The first-order valence-corrected chi connectivity index (χ1v) is 7.05. The summed E-state index contributed by atoms with van der Waals surface area (Å²) >= 11 is 0. The second kappa shape index (κ2) is 7.14. The molecule has 5 heteroatoms. The lowest BCUT2D eigenvalue weighted by Crippen LogP contribution is -2.26. The van der Waals surface area contributed by atoms with Gasteiger partial charge in [0.05, 0.1) is 7.11 Å². The monoisotopic (exact) mass is 278 g/mol. The van der Waals surface area contributed by atoms with Crippen molar-refractivity contribution in [1.29, 1.82) is 0 Å². The largest absolute Gasteiger partial charge is 0.507 e. The van der Waals surface area contributed by atoms with E-state index in [4.69, 9.17) is 4.74 Å². The molecule has 0 aromatic heterocycles. The summed E-state index contributed by atoms with van der Waals surface area (Å²) < 4.78 is 5.03. The summed E-state index contributed by atoms with van der Waals surface area (Å²) in [4.78, 5) is 11.5. The van der Waals surface area contributed by atoms with E-state index < -0.39 is 0 Å². The van der Waals surface area contributed by atoms with Crippen LogP contribution < -0.4 is 15.4 Å². The van der Waals surface area contributed by atoms with E-state index in [0.29, 0.717) is 24.8 Å². The number of aromatic hydroxyl groups is 1. The van der Waals surface area contributed by atoms with Crippen LogP contribution in [0.2, 0.25) is 0 Å². The number of carbonyl (C=O) groups is 1. The van der Waals surface area contributed by atoms with Gasteiger partial charge in [0.1, 0.15) is 11.5 Å². The van der Waals surface area contributed by atoms with E-state index in [1.165, 1.54) is 0 Å². The fourth-order valence-corrected chi connectivity index (χ4v) is 1.94. The van der Waals surface area contributed by atoms with Gasteiger partial charge >= 0.3 is 0 Å². The van der Waals surface area contributed by atoms with Crippen LogP contribution in [0, 0.1) is 0 Å². The number of phenolic OH excluding ortho intramolecular Hbond substituents is 1. The molecule has 1 aliphatic rings. The summed E-state index contributed by atoms with van der Waals surface area (Å²) in [5.41, 5.74) is 0.827. The number of phenols is 1. The van der Waals surface area contributed by atoms with Crippen molar-refractivity contribution in [1.82, 2.24) is 10.6 Å². The zero-order chi connectivity index (χ0) is 14.4. The van der Waals surface area contributed by atoms with Gasteiger partial charge in [-0.25, -0.2) is 0 Å². The molecular formula is C15H22N2O3. The third kappa shape index (κ3) is 4.74. The van der Waals surface area contributed by atoms with Crippen LogP contribution in [-0.2, 0) is 11.3 Å². The van der Waals surface area contributed by atoms with Crippen LogP contribution in [0.4, 0.5) is 0 Å². The normalized spacial score (nSPS) is 14.1. The summed E-state index contributed by atoms with van der Waals surface area (Å²) in [6, 6.07) is 5.69.